The minimum Gasteiger partial charge on any atom is -0.460 e. The summed E-state index contributed by atoms with van der Waals surface area (Å²) in [5.41, 5.74) is -1.99. The Kier molecular flexibility index (Phi) is 8.87. The van der Waals surface area contributed by atoms with E-state index >= 15 is 0 Å². The van der Waals surface area contributed by atoms with Gasteiger partial charge in [0.1, 0.15) is 11.2 Å². The van der Waals surface area contributed by atoms with Crippen molar-refractivity contribution in [1.29, 1.82) is 0 Å². The van der Waals surface area contributed by atoms with Crippen LogP contribution in [0.4, 0.5) is 0 Å². The first-order valence-corrected chi connectivity index (χ1v) is 12.1. The highest BCUT2D eigenvalue weighted by atomic mass is 31.2. The van der Waals surface area contributed by atoms with Gasteiger partial charge in [-0.15, -0.1) is 0 Å². The van der Waals surface area contributed by atoms with Gasteiger partial charge in [0, 0.05) is 23.1 Å². The summed E-state index contributed by atoms with van der Waals surface area (Å²) in [6.45, 7) is 16.0. The van der Waals surface area contributed by atoms with Crippen molar-refractivity contribution in [2.24, 2.45) is 0 Å². The maximum Gasteiger partial charge on any atom is 0.334 e. The highest BCUT2D eigenvalue weighted by Gasteiger charge is 2.32. The average molecular weight is 453 g/mol. The number of hydrogen-bond acceptors (Lipinski definition) is 6. The topological polar surface area (TPSA) is 78.9 Å². The van der Waals surface area contributed by atoms with Crippen LogP contribution in [0.25, 0.3) is 0 Å². The van der Waals surface area contributed by atoms with Crippen molar-refractivity contribution in [2.45, 2.75) is 92.0 Å². The van der Waals surface area contributed by atoms with Crippen molar-refractivity contribution in [3.8, 4) is 0 Å². The first-order chi connectivity index (χ1) is 13.9. The first kappa shape index (κ1) is 27.1. The molecule has 0 saturated heterocycles. The zero-order valence-electron chi connectivity index (χ0n) is 20.3. The van der Waals surface area contributed by atoms with Crippen molar-refractivity contribution in [2.75, 3.05) is 0 Å². The summed E-state index contributed by atoms with van der Waals surface area (Å²) in [6.07, 6.45) is -0.0270. The second kappa shape index (κ2) is 10.1. The molecule has 1 unspecified atom stereocenters. The lowest BCUT2D eigenvalue weighted by molar-refractivity contribution is -0.154. The standard InChI is InChI=1S/C24H37O6P/c1-22(2,3)28-20(25)16-15-18(21(26)29-23(4,5)6)17-31(27,30-24(7,8)9)19-13-11-10-12-14-19/h10-14,17H,15-16H2,1-9H3. The number of benzene rings is 1. The van der Waals surface area contributed by atoms with Gasteiger partial charge in [0.2, 0.25) is 0 Å². The predicted octanol–water partition coefficient (Wildman–Crippen LogP) is 5.75. The average Bonchev–Trinajstić information content (AvgIpc) is 2.54. The number of ether oxygens (including phenoxy) is 2. The molecule has 1 rings (SSSR count). The largest absolute Gasteiger partial charge is 0.460 e. The second-order valence-electron chi connectivity index (χ2n) is 10.4. The maximum atomic E-state index is 14.0. The Morgan fingerprint density at radius 3 is 1.77 bits per heavy atom. The summed E-state index contributed by atoms with van der Waals surface area (Å²) in [4.78, 5) is 25.1. The summed E-state index contributed by atoms with van der Waals surface area (Å²) >= 11 is 0. The van der Waals surface area contributed by atoms with Crippen LogP contribution < -0.4 is 5.30 Å². The minimum atomic E-state index is -3.58. The van der Waals surface area contributed by atoms with Crippen LogP contribution in [-0.2, 0) is 28.2 Å². The SMILES string of the molecule is CC(C)(C)OC(=O)CCC(=CP(=O)(OC(C)(C)C)c1ccccc1)C(=O)OC(C)(C)C. The third-order valence-electron chi connectivity index (χ3n) is 3.53. The Bertz CT molecular complexity index is 836. The summed E-state index contributed by atoms with van der Waals surface area (Å²) in [6, 6.07) is 8.73. The Morgan fingerprint density at radius 1 is 0.806 bits per heavy atom. The van der Waals surface area contributed by atoms with E-state index in [0.29, 0.717) is 5.30 Å². The number of esters is 2. The van der Waals surface area contributed by atoms with Crippen LogP contribution in [0.5, 0.6) is 0 Å². The maximum absolute atomic E-state index is 14.0. The van der Waals surface area contributed by atoms with E-state index in [9.17, 15) is 14.2 Å². The van der Waals surface area contributed by atoms with E-state index in [1.54, 1.807) is 86.6 Å². The monoisotopic (exact) mass is 452 g/mol. The molecular formula is C24H37O6P. The van der Waals surface area contributed by atoms with E-state index in [2.05, 4.69) is 0 Å². The molecule has 0 fully saturated rings. The highest BCUT2D eigenvalue weighted by Crippen LogP contribution is 2.52. The lowest BCUT2D eigenvalue weighted by atomic mass is 10.1. The van der Waals surface area contributed by atoms with Gasteiger partial charge in [0.05, 0.1) is 5.60 Å². The van der Waals surface area contributed by atoms with Crippen molar-refractivity contribution < 1.29 is 28.2 Å². The van der Waals surface area contributed by atoms with E-state index in [-0.39, 0.29) is 18.4 Å². The summed E-state index contributed by atoms with van der Waals surface area (Å²) < 4.78 is 30.8. The third kappa shape index (κ3) is 10.8. The van der Waals surface area contributed by atoms with E-state index < -0.39 is 36.1 Å². The molecular weight excluding hydrogens is 415 g/mol. The highest BCUT2D eigenvalue weighted by molar-refractivity contribution is 7.70. The lowest BCUT2D eigenvalue weighted by Gasteiger charge is -2.27. The van der Waals surface area contributed by atoms with Gasteiger partial charge in [-0.25, -0.2) is 4.79 Å². The summed E-state index contributed by atoms with van der Waals surface area (Å²) in [5.74, 6) is 0.254. The van der Waals surface area contributed by atoms with Gasteiger partial charge < -0.3 is 14.0 Å². The van der Waals surface area contributed by atoms with Crippen molar-refractivity contribution in [3.05, 3.63) is 41.7 Å². The quantitative estimate of drug-likeness (QED) is 0.298. The Hall–Kier alpha value is -1.91. The zero-order valence-corrected chi connectivity index (χ0v) is 21.2. The smallest absolute Gasteiger partial charge is 0.334 e. The fourth-order valence-corrected chi connectivity index (χ4v) is 4.95. The Balaban J connectivity index is 3.38. The molecule has 0 saturated carbocycles. The molecule has 174 valence electrons. The van der Waals surface area contributed by atoms with Crippen molar-refractivity contribution in [1.82, 2.24) is 0 Å². The van der Waals surface area contributed by atoms with Gasteiger partial charge in [0.15, 0.2) is 0 Å². The Labute approximate surface area is 186 Å². The minimum absolute atomic E-state index is 0.0220. The van der Waals surface area contributed by atoms with Crippen LogP contribution in [-0.4, -0.2) is 28.7 Å². The molecule has 1 aromatic rings. The molecule has 0 aliphatic rings. The number of carbonyl (C=O) groups excluding carboxylic acids is 2. The molecule has 1 atom stereocenters. The molecule has 1 aromatic carbocycles. The van der Waals surface area contributed by atoms with E-state index in [4.69, 9.17) is 14.0 Å². The molecule has 0 heterocycles. The molecule has 0 bridgehead atoms. The van der Waals surface area contributed by atoms with Crippen LogP contribution in [0, 0.1) is 0 Å². The number of carbonyl (C=O) groups is 2. The van der Waals surface area contributed by atoms with Crippen LogP contribution in [0.1, 0.15) is 75.2 Å². The van der Waals surface area contributed by atoms with E-state index in [1.807, 2.05) is 6.07 Å². The number of hydrogen-bond donors (Lipinski definition) is 0. The molecule has 6 nitrogen and oxygen atoms in total. The first-order valence-electron chi connectivity index (χ1n) is 10.4. The van der Waals surface area contributed by atoms with Crippen molar-refractivity contribution >= 4 is 24.6 Å². The molecule has 0 amide bonds. The van der Waals surface area contributed by atoms with Gasteiger partial charge in [0.25, 0.3) is 7.37 Å². The molecule has 0 aliphatic heterocycles. The van der Waals surface area contributed by atoms with Crippen molar-refractivity contribution in [3.63, 3.8) is 0 Å². The lowest BCUT2D eigenvalue weighted by Crippen LogP contribution is -2.27. The molecule has 0 N–H and O–H groups in total. The third-order valence-corrected chi connectivity index (χ3v) is 6.02. The molecule has 0 aliphatic carbocycles. The molecule has 7 heteroatoms. The van der Waals surface area contributed by atoms with E-state index in [1.165, 1.54) is 5.82 Å². The zero-order chi connectivity index (χ0) is 24.1. The second-order valence-corrected chi connectivity index (χ2v) is 12.5. The van der Waals surface area contributed by atoms with Crippen LogP contribution in [0.3, 0.4) is 0 Å². The fraction of sp³-hybridized carbons (Fsp3) is 0.583. The molecule has 31 heavy (non-hydrogen) atoms. The van der Waals surface area contributed by atoms with Gasteiger partial charge >= 0.3 is 11.9 Å². The van der Waals surface area contributed by atoms with Gasteiger partial charge in [-0.1, -0.05) is 18.2 Å². The van der Waals surface area contributed by atoms with Gasteiger partial charge in [-0.2, -0.15) is 0 Å². The van der Waals surface area contributed by atoms with Gasteiger partial charge in [-0.3, -0.25) is 9.36 Å². The van der Waals surface area contributed by atoms with Crippen LogP contribution in [0.15, 0.2) is 41.7 Å². The van der Waals surface area contributed by atoms with E-state index in [0.717, 1.165) is 0 Å². The predicted molar refractivity (Wildman–Crippen MR) is 124 cm³/mol. The molecule has 0 aromatic heterocycles. The fourth-order valence-electron chi connectivity index (χ4n) is 2.59. The van der Waals surface area contributed by atoms with Crippen LogP contribution in [0.2, 0.25) is 0 Å². The Morgan fingerprint density at radius 2 is 1.32 bits per heavy atom. The molecule has 0 spiro atoms. The van der Waals surface area contributed by atoms with Crippen LogP contribution >= 0.6 is 7.37 Å². The number of rotatable bonds is 7. The normalized spacial score (nSPS) is 15.2. The summed E-state index contributed by atoms with van der Waals surface area (Å²) in [5, 5.41) is 0.461. The summed E-state index contributed by atoms with van der Waals surface area (Å²) in [7, 11) is -3.58. The molecule has 0 radical (unpaired) electrons. The van der Waals surface area contributed by atoms with Gasteiger partial charge in [-0.05, 0) is 80.9 Å².